The number of benzene rings is 1. The van der Waals surface area contributed by atoms with E-state index in [9.17, 15) is 4.79 Å². The molecule has 1 heterocycles. The van der Waals surface area contributed by atoms with Crippen LogP contribution in [0.5, 0.6) is 0 Å². The van der Waals surface area contributed by atoms with Crippen LogP contribution in [0.4, 0.5) is 5.69 Å². The molecule has 1 aromatic heterocycles. The Morgan fingerprint density at radius 3 is 2.90 bits per heavy atom. The molecule has 0 spiro atoms. The van der Waals surface area contributed by atoms with Gasteiger partial charge in [0.05, 0.1) is 24.9 Å². The molecule has 0 saturated carbocycles. The van der Waals surface area contributed by atoms with E-state index in [1.807, 2.05) is 42.8 Å². The Kier molecular flexibility index (Phi) is 4.40. The number of methoxy groups -OCH3 is 1. The molecule has 0 aliphatic rings. The number of nitrogens with zero attached hydrogens (tertiary/aromatic N) is 2. The molecule has 0 radical (unpaired) electrons. The first-order chi connectivity index (χ1) is 9.65. The van der Waals surface area contributed by atoms with Gasteiger partial charge in [0.25, 0.3) is 0 Å². The molecule has 1 aromatic carbocycles. The Morgan fingerprint density at radius 1 is 1.40 bits per heavy atom. The summed E-state index contributed by atoms with van der Waals surface area (Å²) < 4.78 is 6.73. The third-order valence-corrected chi connectivity index (χ3v) is 3.14. The third kappa shape index (κ3) is 2.99. The van der Waals surface area contributed by atoms with Crippen LogP contribution >= 0.6 is 0 Å². The normalized spacial score (nSPS) is 10.3. The first-order valence-electron chi connectivity index (χ1n) is 6.59. The molecule has 0 atom stereocenters. The number of hydrogen-bond acceptors (Lipinski definition) is 4. The fourth-order valence-electron chi connectivity index (χ4n) is 2.07. The molecule has 0 fully saturated rings. The van der Waals surface area contributed by atoms with Gasteiger partial charge in [-0.05, 0) is 32.0 Å². The first kappa shape index (κ1) is 14.1. The van der Waals surface area contributed by atoms with Crippen LogP contribution in [0, 0.1) is 6.92 Å². The summed E-state index contributed by atoms with van der Waals surface area (Å²) in [4.78, 5) is 11.8. The van der Waals surface area contributed by atoms with Gasteiger partial charge in [0, 0.05) is 18.4 Å². The quantitative estimate of drug-likeness (QED) is 0.851. The second-order valence-corrected chi connectivity index (χ2v) is 4.53. The summed E-state index contributed by atoms with van der Waals surface area (Å²) >= 11 is 0. The highest BCUT2D eigenvalue weighted by Gasteiger charge is 2.12. The van der Waals surface area contributed by atoms with Gasteiger partial charge in [-0.25, -0.2) is 4.79 Å². The minimum absolute atomic E-state index is 0.333. The summed E-state index contributed by atoms with van der Waals surface area (Å²) in [5.41, 5.74) is 3.42. The van der Waals surface area contributed by atoms with Crippen molar-refractivity contribution in [1.82, 2.24) is 9.78 Å². The Bertz CT molecular complexity index is 605. The topological polar surface area (TPSA) is 56.2 Å². The van der Waals surface area contributed by atoms with Gasteiger partial charge in [0.1, 0.15) is 0 Å². The van der Waals surface area contributed by atoms with Crippen molar-refractivity contribution in [3.05, 3.63) is 47.3 Å². The number of ether oxygens (including phenoxy) is 1. The van der Waals surface area contributed by atoms with Gasteiger partial charge < -0.3 is 10.1 Å². The van der Waals surface area contributed by atoms with Crippen LogP contribution in [0.1, 0.15) is 28.5 Å². The van der Waals surface area contributed by atoms with E-state index in [1.165, 1.54) is 7.11 Å². The Hall–Kier alpha value is -2.30. The van der Waals surface area contributed by atoms with Crippen molar-refractivity contribution < 1.29 is 9.53 Å². The Balaban J connectivity index is 2.19. The molecule has 0 saturated heterocycles. The molecule has 106 valence electrons. The maximum absolute atomic E-state index is 11.8. The van der Waals surface area contributed by atoms with Gasteiger partial charge in [-0.3, -0.25) is 4.68 Å². The van der Waals surface area contributed by atoms with Gasteiger partial charge >= 0.3 is 5.97 Å². The van der Waals surface area contributed by atoms with Crippen LogP contribution in [0.25, 0.3) is 0 Å². The number of carbonyl (C=O) groups excluding carboxylic acids is 1. The molecule has 2 rings (SSSR count). The van der Waals surface area contributed by atoms with Crippen LogP contribution < -0.4 is 5.32 Å². The van der Waals surface area contributed by atoms with Crippen molar-refractivity contribution in [3.63, 3.8) is 0 Å². The predicted molar refractivity (Wildman–Crippen MR) is 77.7 cm³/mol. The number of carbonyl (C=O) groups is 1. The number of nitrogens with one attached hydrogen (secondary N) is 1. The largest absolute Gasteiger partial charge is 0.465 e. The van der Waals surface area contributed by atoms with Crippen molar-refractivity contribution in [3.8, 4) is 0 Å². The maximum Gasteiger partial charge on any atom is 0.339 e. The van der Waals surface area contributed by atoms with E-state index in [1.54, 1.807) is 6.20 Å². The lowest BCUT2D eigenvalue weighted by Gasteiger charge is -2.12. The second-order valence-electron chi connectivity index (χ2n) is 4.53. The van der Waals surface area contributed by atoms with Crippen LogP contribution in [0.15, 0.2) is 30.5 Å². The summed E-state index contributed by atoms with van der Waals surface area (Å²) in [6.07, 6.45) is 1.77. The van der Waals surface area contributed by atoms with E-state index in [0.717, 1.165) is 23.5 Å². The molecular formula is C15H19N3O2. The average molecular weight is 273 g/mol. The van der Waals surface area contributed by atoms with Gasteiger partial charge in [0.2, 0.25) is 0 Å². The van der Waals surface area contributed by atoms with E-state index in [4.69, 9.17) is 4.74 Å². The molecule has 0 amide bonds. The zero-order chi connectivity index (χ0) is 14.5. The number of aromatic nitrogens is 2. The first-order valence-corrected chi connectivity index (χ1v) is 6.59. The van der Waals surface area contributed by atoms with Crippen LogP contribution in [0.2, 0.25) is 0 Å². The lowest BCUT2D eigenvalue weighted by Crippen LogP contribution is -2.11. The van der Waals surface area contributed by atoms with Crippen molar-refractivity contribution in [2.45, 2.75) is 26.9 Å². The van der Waals surface area contributed by atoms with E-state index >= 15 is 0 Å². The van der Waals surface area contributed by atoms with Crippen molar-refractivity contribution in [2.24, 2.45) is 0 Å². The van der Waals surface area contributed by atoms with Gasteiger partial charge in [-0.2, -0.15) is 5.10 Å². The highest BCUT2D eigenvalue weighted by molar-refractivity contribution is 5.95. The highest BCUT2D eigenvalue weighted by atomic mass is 16.5. The van der Waals surface area contributed by atoms with Crippen molar-refractivity contribution in [1.29, 1.82) is 0 Å². The van der Waals surface area contributed by atoms with Gasteiger partial charge in [0.15, 0.2) is 0 Å². The van der Waals surface area contributed by atoms with Crippen molar-refractivity contribution in [2.75, 3.05) is 12.4 Å². The van der Waals surface area contributed by atoms with Crippen molar-refractivity contribution >= 4 is 11.7 Å². The molecular weight excluding hydrogens is 254 g/mol. The number of esters is 1. The molecule has 0 aliphatic heterocycles. The molecule has 5 heteroatoms. The molecule has 0 aliphatic carbocycles. The van der Waals surface area contributed by atoms with E-state index in [0.29, 0.717) is 12.1 Å². The Morgan fingerprint density at radius 2 is 2.20 bits per heavy atom. The fourth-order valence-corrected chi connectivity index (χ4v) is 2.07. The maximum atomic E-state index is 11.8. The molecule has 0 unspecified atom stereocenters. The average Bonchev–Trinajstić information content (AvgIpc) is 2.92. The minimum Gasteiger partial charge on any atom is -0.465 e. The van der Waals surface area contributed by atoms with Crippen LogP contribution in [-0.4, -0.2) is 22.9 Å². The Labute approximate surface area is 118 Å². The lowest BCUT2D eigenvalue weighted by atomic mass is 10.1. The van der Waals surface area contributed by atoms with E-state index < -0.39 is 0 Å². The summed E-state index contributed by atoms with van der Waals surface area (Å²) in [5, 5.41) is 7.49. The van der Waals surface area contributed by atoms with Gasteiger partial charge in [-0.15, -0.1) is 0 Å². The molecule has 20 heavy (non-hydrogen) atoms. The zero-order valence-corrected chi connectivity index (χ0v) is 12.0. The monoisotopic (exact) mass is 273 g/mol. The predicted octanol–water partition coefficient (Wildman–Crippen LogP) is 2.61. The van der Waals surface area contributed by atoms with Crippen LogP contribution in [-0.2, 0) is 17.8 Å². The molecule has 0 bridgehead atoms. The number of anilines is 1. The summed E-state index contributed by atoms with van der Waals surface area (Å²) in [5.74, 6) is -0.333. The SMILES string of the molecule is CCn1nccc1CNc1ccc(C)cc1C(=O)OC. The standard InChI is InChI=1S/C15H19N3O2/c1-4-18-12(7-8-17-18)10-16-14-6-5-11(2)9-13(14)15(19)20-3/h5-9,16H,4,10H2,1-3H3. The van der Waals surface area contributed by atoms with E-state index in [2.05, 4.69) is 10.4 Å². The number of rotatable bonds is 5. The smallest absolute Gasteiger partial charge is 0.339 e. The van der Waals surface area contributed by atoms with Crippen LogP contribution in [0.3, 0.4) is 0 Å². The molecule has 1 N–H and O–H groups in total. The summed E-state index contributed by atoms with van der Waals surface area (Å²) in [6, 6.07) is 7.65. The van der Waals surface area contributed by atoms with E-state index in [-0.39, 0.29) is 5.97 Å². The molecule has 5 nitrogen and oxygen atoms in total. The summed E-state index contributed by atoms with van der Waals surface area (Å²) in [7, 11) is 1.39. The minimum atomic E-state index is -0.333. The fraction of sp³-hybridized carbons (Fsp3) is 0.333. The molecule has 2 aromatic rings. The van der Waals surface area contributed by atoms with Gasteiger partial charge in [-0.1, -0.05) is 11.6 Å². The second kappa shape index (κ2) is 6.23. The number of hydrogen-bond donors (Lipinski definition) is 1. The number of aryl methyl sites for hydroxylation is 2. The highest BCUT2D eigenvalue weighted by Crippen LogP contribution is 2.19. The zero-order valence-electron chi connectivity index (χ0n) is 12.0. The third-order valence-electron chi connectivity index (χ3n) is 3.14. The lowest BCUT2D eigenvalue weighted by molar-refractivity contribution is 0.0601. The summed E-state index contributed by atoms with van der Waals surface area (Å²) in [6.45, 7) is 5.42.